The van der Waals surface area contributed by atoms with Crippen LogP contribution < -0.4 is 5.11 Å². The maximum Gasteiger partial charge on any atom is 0.300 e. The van der Waals surface area contributed by atoms with Crippen molar-refractivity contribution in [1.82, 2.24) is 0 Å². The average Bonchev–Trinajstić information content (AvgIpc) is 1.76. The van der Waals surface area contributed by atoms with Gasteiger partial charge in [-0.25, -0.2) is 0 Å². The van der Waals surface area contributed by atoms with E-state index in [2.05, 4.69) is 0 Å². The van der Waals surface area contributed by atoms with Crippen molar-refractivity contribution in [3.05, 3.63) is 0 Å². The second-order valence-corrected chi connectivity index (χ2v) is 2.05. The number of carboxylic acid groups (broad SMARTS) is 4. The third-order valence-corrected chi connectivity index (χ3v) is 0. The summed E-state index contributed by atoms with van der Waals surface area (Å²) >= 11 is 0. The molecule has 0 saturated carbocycles. The fourth-order valence-electron chi connectivity index (χ4n) is 0. The summed E-state index contributed by atoms with van der Waals surface area (Å²) in [5, 5.41) is 31.1. The molecular formula is C8H15O8Pu-. The largest absolute Gasteiger partial charge is 0.550 e. The van der Waals surface area contributed by atoms with Gasteiger partial charge in [0.15, 0.2) is 0 Å². The van der Waals surface area contributed by atoms with Crippen LogP contribution in [-0.2, 0) is 19.2 Å². The van der Waals surface area contributed by atoms with E-state index in [0.29, 0.717) is 0 Å². The van der Waals surface area contributed by atoms with Crippen molar-refractivity contribution in [1.29, 1.82) is 0 Å². The first-order valence-electron chi connectivity index (χ1n) is 3.69. The molecule has 0 aliphatic rings. The summed E-state index contributed by atoms with van der Waals surface area (Å²) < 4.78 is 0. The fourth-order valence-corrected chi connectivity index (χ4v) is 0. The number of hydrogen-bond donors (Lipinski definition) is 3. The first kappa shape index (κ1) is 29.7. The van der Waals surface area contributed by atoms with Gasteiger partial charge in [0.05, 0.1) is 0 Å². The molecule has 17 heavy (non-hydrogen) atoms. The van der Waals surface area contributed by atoms with Gasteiger partial charge < -0.3 is 25.2 Å². The van der Waals surface area contributed by atoms with Crippen LogP contribution >= 0.6 is 0 Å². The van der Waals surface area contributed by atoms with Gasteiger partial charge in [-0.3, -0.25) is 14.4 Å². The number of carbonyl (C=O) groups excluding carboxylic acids is 1. The van der Waals surface area contributed by atoms with Crippen LogP contribution in [0.25, 0.3) is 0 Å². The summed E-state index contributed by atoms with van der Waals surface area (Å²) in [7, 11) is 0. The first-order valence-corrected chi connectivity index (χ1v) is 3.69. The van der Waals surface area contributed by atoms with Crippen LogP contribution in [-0.4, -0.2) is 39.2 Å². The second-order valence-electron chi connectivity index (χ2n) is 2.05. The number of carbonyl (C=O) groups is 4. The molecule has 8 nitrogen and oxygen atoms in total. The Morgan fingerprint density at radius 1 is 0.706 bits per heavy atom. The van der Waals surface area contributed by atoms with Crippen LogP contribution in [0.1, 0.15) is 27.7 Å². The topological polar surface area (TPSA) is 152 Å². The van der Waals surface area contributed by atoms with E-state index in [1.54, 1.807) is 0 Å². The Hall–Kier alpha value is -1.13. The van der Waals surface area contributed by atoms with Crippen molar-refractivity contribution in [3.63, 3.8) is 0 Å². The molecule has 0 aliphatic heterocycles. The number of hydrogen-bond acceptors (Lipinski definition) is 5. The summed E-state index contributed by atoms with van der Waals surface area (Å²) in [6.45, 7) is 4.22. The fraction of sp³-hybridized carbons (Fsp3) is 0.500. The Labute approximate surface area is 120 Å². The minimum atomic E-state index is -1.08. The van der Waals surface area contributed by atoms with Gasteiger partial charge in [-0.2, -0.15) is 0 Å². The van der Waals surface area contributed by atoms with Gasteiger partial charge in [0, 0.05) is 55.9 Å². The summed E-state index contributed by atoms with van der Waals surface area (Å²) in [6.07, 6.45) is 0. The van der Waals surface area contributed by atoms with E-state index in [1.807, 2.05) is 0 Å². The summed E-state index contributed by atoms with van der Waals surface area (Å²) in [5.41, 5.74) is 0. The molecule has 0 amide bonds. The smallest absolute Gasteiger partial charge is 0.300 e. The molecule has 102 valence electrons. The van der Waals surface area contributed by atoms with Crippen molar-refractivity contribution in [2.45, 2.75) is 27.7 Å². The zero-order valence-electron chi connectivity index (χ0n) is 9.79. The Kier molecular flexibility index (Phi) is 42.3. The van der Waals surface area contributed by atoms with E-state index >= 15 is 0 Å². The Morgan fingerprint density at radius 2 is 0.706 bits per heavy atom. The molecule has 0 saturated heterocycles. The van der Waals surface area contributed by atoms with E-state index in [1.165, 1.54) is 0 Å². The maximum atomic E-state index is 9.00. The van der Waals surface area contributed by atoms with Crippen molar-refractivity contribution >= 4 is 23.9 Å². The molecule has 9 heteroatoms. The van der Waals surface area contributed by atoms with Gasteiger partial charge in [-0.05, 0) is 6.92 Å². The van der Waals surface area contributed by atoms with Crippen LogP contribution in [0.3, 0.4) is 0 Å². The third kappa shape index (κ3) is 1920. The Morgan fingerprint density at radius 3 is 0.706 bits per heavy atom. The zero-order valence-corrected chi connectivity index (χ0v) is 13.2. The quantitative estimate of drug-likeness (QED) is 0.398. The maximum absolute atomic E-state index is 9.00. The van der Waals surface area contributed by atoms with E-state index in [0.717, 1.165) is 27.7 Å². The van der Waals surface area contributed by atoms with Gasteiger partial charge in [-0.15, -0.1) is 0 Å². The molecule has 0 aromatic heterocycles. The van der Waals surface area contributed by atoms with Gasteiger partial charge in [-0.1, -0.05) is 0 Å². The molecule has 0 aromatic carbocycles. The second kappa shape index (κ2) is 24.2. The van der Waals surface area contributed by atoms with Crippen LogP contribution in [0.2, 0.25) is 0 Å². The molecule has 0 atom stereocenters. The normalized spacial score (nSPS) is 5.88. The molecule has 0 bridgehead atoms. The van der Waals surface area contributed by atoms with Crippen molar-refractivity contribution in [2.24, 2.45) is 0 Å². The molecule has 0 aromatic rings. The minimum Gasteiger partial charge on any atom is -0.550 e. The molecular weight excluding hydrogens is 468 g/mol. The van der Waals surface area contributed by atoms with Crippen LogP contribution in [0, 0.1) is 29.2 Å². The monoisotopic (exact) mass is 477 g/mol. The van der Waals surface area contributed by atoms with Crippen molar-refractivity contribution < 1.29 is 68.8 Å². The molecule has 0 fully saturated rings. The van der Waals surface area contributed by atoms with E-state index in [9.17, 15) is 0 Å². The van der Waals surface area contributed by atoms with Crippen LogP contribution in [0.5, 0.6) is 0 Å². The molecule has 0 rings (SSSR count). The minimum absolute atomic E-state index is 0. The van der Waals surface area contributed by atoms with E-state index in [-0.39, 0.29) is 29.2 Å². The molecule has 0 spiro atoms. The molecule has 0 aliphatic carbocycles. The number of carboxylic acids is 4. The molecule has 3 N–H and O–H groups in total. The predicted molar refractivity (Wildman–Crippen MR) is 50.6 cm³/mol. The summed E-state index contributed by atoms with van der Waals surface area (Å²) in [6, 6.07) is 0. The SMILES string of the molecule is CC(=O)O.CC(=O)O.CC(=O)O.CC(=O)[O-].[Pu]. The summed E-state index contributed by atoms with van der Waals surface area (Å²) in [5.74, 6) is -3.58. The van der Waals surface area contributed by atoms with Gasteiger partial charge in [0.25, 0.3) is 17.9 Å². The third-order valence-electron chi connectivity index (χ3n) is 0. The van der Waals surface area contributed by atoms with Crippen LogP contribution in [0.4, 0.5) is 0 Å². The Balaban J connectivity index is -0.0000000369. The van der Waals surface area contributed by atoms with Crippen molar-refractivity contribution in [3.8, 4) is 0 Å². The van der Waals surface area contributed by atoms with Gasteiger partial charge >= 0.3 is 0 Å². The average molecular weight is 483 g/mol. The van der Waals surface area contributed by atoms with Gasteiger partial charge in [0.2, 0.25) is 0 Å². The first-order chi connectivity index (χ1) is 6.93. The molecule has 0 unspecified atom stereocenters. The number of rotatable bonds is 0. The zero-order chi connectivity index (χ0) is 14.3. The summed E-state index contributed by atoms with van der Waals surface area (Å²) in [4.78, 5) is 35.9. The van der Waals surface area contributed by atoms with E-state index in [4.69, 9.17) is 39.6 Å². The van der Waals surface area contributed by atoms with Gasteiger partial charge in [0.1, 0.15) is 0 Å². The standard InChI is InChI=1S/4C2H4O2.Pu/c4*1-2(3)4;/h4*1H3,(H,3,4);/p-1. The molecule has 0 radical (unpaired) electrons. The Bertz CT molecular complexity index is 162. The predicted octanol–water partition coefficient (Wildman–Crippen LogP) is -0.971. The van der Waals surface area contributed by atoms with Crippen LogP contribution in [0.15, 0.2) is 0 Å². The molecule has 0 heterocycles. The van der Waals surface area contributed by atoms with E-state index < -0.39 is 23.9 Å². The van der Waals surface area contributed by atoms with Crippen molar-refractivity contribution in [2.75, 3.05) is 0 Å². The number of aliphatic carboxylic acids is 4.